The maximum atomic E-state index is 12.2. The van der Waals surface area contributed by atoms with E-state index >= 15 is 0 Å². The minimum atomic E-state index is -0.245. The average Bonchev–Trinajstić information content (AvgIpc) is 2.50. The molecule has 2 nitrogen and oxygen atoms in total. The zero-order chi connectivity index (χ0) is 17.6. The van der Waals surface area contributed by atoms with Crippen molar-refractivity contribution >= 4 is 0 Å². The molecule has 0 aromatic rings. The van der Waals surface area contributed by atoms with Crippen LogP contribution in [-0.4, -0.2) is 18.2 Å². The first-order valence-corrected chi connectivity index (χ1v) is 10.2. The van der Waals surface area contributed by atoms with Crippen LogP contribution >= 0.6 is 0 Å². The highest BCUT2D eigenvalue weighted by molar-refractivity contribution is 4.83. The zero-order valence-corrected chi connectivity index (χ0v) is 16.5. The molecule has 0 amide bonds. The van der Waals surface area contributed by atoms with Gasteiger partial charge in [0.15, 0.2) is 0 Å². The maximum absolute atomic E-state index is 12.2. The van der Waals surface area contributed by atoms with Gasteiger partial charge in [-0.3, -0.25) is 0 Å². The number of quaternary nitrogens is 1. The van der Waals surface area contributed by atoms with Gasteiger partial charge >= 0.3 is 0 Å². The Morgan fingerprint density at radius 3 is 1.96 bits per heavy atom. The molecule has 0 rings (SSSR count). The van der Waals surface area contributed by atoms with Crippen molar-refractivity contribution < 1.29 is 4.65 Å². The first kappa shape index (κ1) is 22.7. The summed E-state index contributed by atoms with van der Waals surface area (Å²) in [6.45, 7) is 11.4. The van der Waals surface area contributed by atoms with Crippen LogP contribution < -0.4 is 0 Å². The van der Waals surface area contributed by atoms with E-state index in [9.17, 15) is 5.21 Å². The predicted molar refractivity (Wildman–Crippen MR) is 104 cm³/mol. The second-order valence-electron chi connectivity index (χ2n) is 7.65. The van der Waals surface area contributed by atoms with Gasteiger partial charge < -0.3 is 9.85 Å². The van der Waals surface area contributed by atoms with Crippen molar-refractivity contribution in [3.8, 4) is 0 Å². The van der Waals surface area contributed by atoms with Crippen LogP contribution in [0.4, 0.5) is 0 Å². The quantitative estimate of drug-likeness (QED) is 0.167. The summed E-state index contributed by atoms with van der Waals surface area (Å²) in [5, 5.41) is 12.2. The van der Waals surface area contributed by atoms with Crippen molar-refractivity contribution in [1.82, 2.24) is 0 Å². The lowest BCUT2D eigenvalue weighted by Crippen LogP contribution is -2.36. The molecule has 0 N–H and O–H groups in total. The molecule has 0 spiro atoms. The highest BCUT2D eigenvalue weighted by atomic mass is 16.5. The Hall–Kier alpha value is -0.340. The highest BCUT2D eigenvalue weighted by Gasteiger charge is 2.13. The van der Waals surface area contributed by atoms with Crippen LogP contribution in [0.3, 0.4) is 0 Å². The lowest BCUT2D eigenvalue weighted by Gasteiger charge is -2.39. The molecular weight excluding hydrogens is 282 g/mol. The van der Waals surface area contributed by atoms with Crippen LogP contribution in [0, 0.1) is 11.1 Å². The lowest BCUT2D eigenvalue weighted by atomic mass is 9.96. The summed E-state index contributed by atoms with van der Waals surface area (Å²) in [6.07, 6.45) is 16.6. The fourth-order valence-electron chi connectivity index (χ4n) is 3.24. The van der Waals surface area contributed by atoms with Crippen LogP contribution in [0.5, 0.6) is 0 Å². The molecule has 2 heteroatoms. The average molecular weight is 326 g/mol. The van der Waals surface area contributed by atoms with Gasteiger partial charge in [-0.15, -0.1) is 0 Å². The lowest BCUT2D eigenvalue weighted by molar-refractivity contribution is -0.822. The molecule has 2 unspecified atom stereocenters. The first-order chi connectivity index (χ1) is 10.9. The van der Waals surface area contributed by atoms with Crippen LogP contribution in [0.1, 0.15) is 104 Å². The molecule has 0 heterocycles. The van der Waals surface area contributed by atoms with Crippen molar-refractivity contribution in [2.24, 2.45) is 5.92 Å². The van der Waals surface area contributed by atoms with E-state index in [1.54, 1.807) is 7.05 Å². The van der Waals surface area contributed by atoms with Gasteiger partial charge in [0.25, 0.3) is 0 Å². The van der Waals surface area contributed by atoms with Crippen LogP contribution in [0.25, 0.3) is 0 Å². The third-order valence-electron chi connectivity index (χ3n) is 5.03. The van der Waals surface area contributed by atoms with E-state index < -0.39 is 0 Å². The van der Waals surface area contributed by atoms with Crippen LogP contribution in [0.2, 0.25) is 0 Å². The summed E-state index contributed by atoms with van der Waals surface area (Å²) in [5.41, 5.74) is 0.854. The minimum absolute atomic E-state index is 0.245. The predicted octanol–water partition coefficient (Wildman–Crippen LogP) is 7.19. The van der Waals surface area contributed by atoms with Crippen molar-refractivity contribution in [3.63, 3.8) is 0 Å². The number of hydroxylamine groups is 3. The molecule has 138 valence electrons. The summed E-state index contributed by atoms with van der Waals surface area (Å²) in [7, 11) is 1.74. The summed E-state index contributed by atoms with van der Waals surface area (Å²) in [6, 6.07) is 0. The van der Waals surface area contributed by atoms with Gasteiger partial charge in [-0.1, -0.05) is 85.0 Å². The van der Waals surface area contributed by atoms with Crippen molar-refractivity contribution in [3.05, 3.63) is 17.5 Å². The largest absolute Gasteiger partial charge is 0.628 e. The number of nitrogens with zero attached hydrogens (tertiary/aromatic N) is 1. The standard InChI is InChI=1S/C21H43NO/c1-6-8-9-10-11-13-16-20(3)17-14-12-15-18-21(4)22(5,23)19-7-2/h20H,4,6-19H2,1-3,5H3. The van der Waals surface area contributed by atoms with Gasteiger partial charge in [0.2, 0.25) is 0 Å². The Kier molecular flexibility index (Phi) is 13.8. The Bertz CT molecular complexity index is 286. The third-order valence-corrected chi connectivity index (χ3v) is 5.03. The molecule has 0 aliphatic carbocycles. The molecule has 0 saturated heterocycles. The Morgan fingerprint density at radius 1 is 0.870 bits per heavy atom. The molecule has 0 radical (unpaired) electrons. The second kappa shape index (κ2) is 14.0. The van der Waals surface area contributed by atoms with Gasteiger partial charge in [-0.2, -0.15) is 0 Å². The van der Waals surface area contributed by atoms with Crippen molar-refractivity contribution in [2.45, 2.75) is 104 Å². The SMILES string of the molecule is C=C(CCCCCC(C)CCCCCCCC)[N+](C)([O-])CCC. The van der Waals surface area contributed by atoms with E-state index in [-0.39, 0.29) is 4.65 Å². The van der Waals surface area contributed by atoms with E-state index in [1.165, 1.54) is 64.2 Å². The molecule has 0 bridgehead atoms. The monoisotopic (exact) mass is 325 g/mol. The maximum Gasteiger partial charge on any atom is 0.101 e. The van der Waals surface area contributed by atoms with Gasteiger partial charge in [0.05, 0.1) is 13.6 Å². The van der Waals surface area contributed by atoms with E-state index in [0.717, 1.165) is 30.9 Å². The fraction of sp³-hybridized carbons (Fsp3) is 0.905. The third kappa shape index (κ3) is 12.7. The number of hydrogen-bond acceptors (Lipinski definition) is 1. The van der Waals surface area contributed by atoms with Gasteiger partial charge in [0, 0.05) is 6.42 Å². The molecular formula is C21H43NO. The Balaban J connectivity index is 3.51. The summed E-state index contributed by atoms with van der Waals surface area (Å²) < 4.78 is -0.245. The summed E-state index contributed by atoms with van der Waals surface area (Å²) in [4.78, 5) is 0. The summed E-state index contributed by atoms with van der Waals surface area (Å²) >= 11 is 0. The highest BCUT2D eigenvalue weighted by Crippen LogP contribution is 2.21. The van der Waals surface area contributed by atoms with Crippen molar-refractivity contribution in [1.29, 1.82) is 0 Å². The smallest absolute Gasteiger partial charge is 0.101 e. The molecule has 23 heavy (non-hydrogen) atoms. The number of hydrogen-bond donors (Lipinski definition) is 0. The number of allylic oxidation sites excluding steroid dienone is 1. The minimum Gasteiger partial charge on any atom is -0.628 e. The van der Waals surface area contributed by atoms with Crippen LogP contribution in [0.15, 0.2) is 12.3 Å². The zero-order valence-electron chi connectivity index (χ0n) is 16.5. The molecule has 0 aliphatic heterocycles. The molecule has 0 fully saturated rings. The van der Waals surface area contributed by atoms with E-state index in [1.807, 2.05) is 0 Å². The number of unbranched alkanes of at least 4 members (excludes halogenated alkanes) is 7. The van der Waals surface area contributed by atoms with Crippen LogP contribution in [-0.2, 0) is 0 Å². The fourth-order valence-corrected chi connectivity index (χ4v) is 3.24. The van der Waals surface area contributed by atoms with E-state index in [4.69, 9.17) is 0 Å². The molecule has 0 aromatic carbocycles. The van der Waals surface area contributed by atoms with E-state index in [2.05, 4.69) is 27.4 Å². The topological polar surface area (TPSA) is 23.1 Å². The van der Waals surface area contributed by atoms with Gasteiger partial charge in [-0.05, 0) is 25.3 Å². The van der Waals surface area contributed by atoms with Gasteiger partial charge in [-0.25, -0.2) is 0 Å². The Morgan fingerprint density at radius 2 is 1.39 bits per heavy atom. The number of rotatable bonds is 16. The van der Waals surface area contributed by atoms with E-state index in [0.29, 0.717) is 6.54 Å². The molecule has 0 aromatic heterocycles. The second-order valence-corrected chi connectivity index (χ2v) is 7.65. The Labute approximate surface area is 146 Å². The normalized spacial score (nSPS) is 15.3. The van der Waals surface area contributed by atoms with Crippen molar-refractivity contribution in [2.75, 3.05) is 13.6 Å². The molecule has 0 aliphatic rings. The molecule has 0 saturated carbocycles. The molecule has 2 atom stereocenters. The first-order valence-electron chi connectivity index (χ1n) is 10.2. The summed E-state index contributed by atoms with van der Waals surface area (Å²) in [5.74, 6) is 0.866. The van der Waals surface area contributed by atoms with Gasteiger partial charge in [0.1, 0.15) is 5.70 Å².